The molecule has 0 radical (unpaired) electrons. The van der Waals surface area contributed by atoms with Crippen LogP contribution in [0.2, 0.25) is 0 Å². The molecule has 0 atom stereocenters. The van der Waals surface area contributed by atoms with Crippen LogP contribution >= 0.6 is 0 Å². The second-order valence-corrected chi connectivity index (χ2v) is 7.68. The van der Waals surface area contributed by atoms with Crippen molar-refractivity contribution in [2.45, 2.75) is 23.9 Å². The van der Waals surface area contributed by atoms with Crippen LogP contribution in [0.5, 0.6) is 0 Å². The molecule has 3 aromatic rings. The molecule has 0 aliphatic heterocycles. The Hall–Kier alpha value is -2.88. The molecule has 148 valence electrons. The molecule has 0 amide bonds. The van der Waals surface area contributed by atoms with Gasteiger partial charge in [0.05, 0.1) is 29.5 Å². The lowest BCUT2D eigenvalue weighted by atomic mass is 10.2. The summed E-state index contributed by atoms with van der Waals surface area (Å²) in [5.41, 5.74) is -1.13. The Morgan fingerprint density at radius 1 is 1.14 bits per heavy atom. The van der Waals surface area contributed by atoms with Crippen LogP contribution in [0.4, 0.5) is 13.2 Å². The van der Waals surface area contributed by atoms with Gasteiger partial charge < -0.3 is 4.74 Å². The third kappa shape index (κ3) is 3.72. The van der Waals surface area contributed by atoms with Gasteiger partial charge in [-0.1, -0.05) is 18.2 Å². The lowest BCUT2D eigenvalue weighted by Crippen LogP contribution is -2.16. The van der Waals surface area contributed by atoms with Crippen molar-refractivity contribution >= 4 is 27.0 Å². The van der Waals surface area contributed by atoms with Crippen LogP contribution in [0.1, 0.15) is 17.8 Å². The molecule has 0 saturated heterocycles. The average Bonchev–Trinajstić information content (AvgIpc) is 3.04. The average molecular weight is 412 g/mol. The topological polar surface area (TPSA) is 78.3 Å². The van der Waals surface area contributed by atoms with Gasteiger partial charge in [-0.3, -0.25) is 4.79 Å². The first-order chi connectivity index (χ1) is 13.1. The lowest BCUT2D eigenvalue weighted by Gasteiger charge is -2.12. The molecule has 28 heavy (non-hydrogen) atoms. The number of pyridine rings is 1. The molecule has 6 nitrogen and oxygen atoms in total. The molecule has 1 aromatic carbocycles. The predicted octanol–water partition coefficient (Wildman–Crippen LogP) is 3.40. The van der Waals surface area contributed by atoms with E-state index in [1.807, 2.05) is 0 Å². The standard InChI is InChI=1S/C18H15F3N2O4S/c1-27-17(24)10-7-12-11-14-15(8-9-16(22-14)18(19,20)21)23(12)28(25,26)13-5-3-2-4-6-13/h2-6,8-9,11H,7,10H2,1H3. The van der Waals surface area contributed by atoms with E-state index < -0.39 is 27.9 Å². The largest absolute Gasteiger partial charge is 0.469 e. The quantitative estimate of drug-likeness (QED) is 0.601. The summed E-state index contributed by atoms with van der Waals surface area (Å²) >= 11 is 0. The summed E-state index contributed by atoms with van der Waals surface area (Å²) in [6, 6.07) is 10.5. The van der Waals surface area contributed by atoms with Crippen molar-refractivity contribution in [2.75, 3.05) is 7.11 Å². The Labute approximate surface area is 158 Å². The maximum atomic E-state index is 13.1. The van der Waals surface area contributed by atoms with Crippen LogP contribution in [0.15, 0.2) is 53.4 Å². The Balaban J connectivity index is 2.21. The molecule has 3 rings (SSSR count). The third-order valence-corrected chi connectivity index (χ3v) is 5.85. The molecule has 0 fully saturated rings. The minimum atomic E-state index is -4.67. The van der Waals surface area contributed by atoms with Gasteiger partial charge in [-0.25, -0.2) is 17.4 Å². The summed E-state index contributed by atoms with van der Waals surface area (Å²) < 4.78 is 70.6. The summed E-state index contributed by atoms with van der Waals surface area (Å²) in [6.07, 6.45) is -4.85. The van der Waals surface area contributed by atoms with E-state index in [4.69, 9.17) is 0 Å². The number of halogens is 3. The van der Waals surface area contributed by atoms with Gasteiger partial charge >= 0.3 is 12.1 Å². The molecule has 0 spiro atoms. The van der Waals surface area contributed by atoms with Gasteiger partial charge in [-0.2, -0.15) is 13.2 Å². The first-order valence-electron chi connectivity index (χ1n) is 8.10. The van der Waals surface area contributed by atoms with E-state index in [-0.39, 0.29) is 34.5 Å². The van der Waals surface area contributed by atoms with E-state index in [0.29, 0.717) is 0 Å². The number of carbonyl (C=O) groups excluding carboxylic acids is 1. The molecule has 2 aromatic heterocycles. The predicted molar refractivity (Wildman–Crippen MR) is 94.1 cm³/mol. The highest BCUT2D eigenvalue weighted by Crippen LogP contribution is 2.31. The number of aryl methyl sites for hydroxylation is 1. The van der Waals surface area contributed by atoms with E-state index in [9.17, 15) is 26.4 Å². The smallest absolute Gasteiger partial charge is 0.433 e. The van der Waals surface area contributed by atoms with Crippen molar-refractivity contribution in [2.24, 2.45) is 0 Å². The fraction of sp³-hybridized carbons (Fsp3) is 0.222. The van der Waals surface area contributed by atoms with Crippen molar-refractivity contribution in [1.29, 1.82) is 0 Å². The molecular formula is C18H15F3N2O4S. The fourth-order valence-electron chi connectivity index (χ4n) is 2.76. The number of hydrogen-bond donors (Lipinski definition) is 0. The highest BCUT2D eigenvalue weighted by molar-refractivity contribution is 7.90. The molecule has 0 aliphatic carbocycles. The number of aromatic nitrogens is 2. The Morgan fingerprint density at radius 2 is 1.82 bits per heavy atom. The molecule has 0 unspecified atom stereocenters. The van der Waals surface area contributed by atoms with Gasteiger partial charge in [0.1, 0.15) is 5.69 Å². The van der Waals surface area contributed by atoms with Crippen LogP contribution in [-0.4, -0.2) is 30.5 Å². The van der Waals surface area contributed by atoms with Gasteiger partial charge in [0.15, 0.2) is 0 Å². The maximum absolute atomic E-state index is 13.1. The van der Waals surface area contributed by atoms with Gasteiger partial charge in [-0.15, -0.1) is 0 Å². The lowest BCUT2D eigenvalue weighted by molar-refractivity contribution is -0.141. The number of methoxy groups -OCH3 is 1. The maximum Gasteiger partial charge on any atom is 0.433 e. The van der Waals surface area contributed by atoms with Crippen molar-refractivity contribution < 1.29 is 31.1 Å². The Morgan fingerprint density at radius 3 is 2.43 bits per heavy atom. The Kier molecular flexibility index (Phi) is 5.16. The number of rotatable bonds is 5. The zero-order chi connectivity index (χ0) is 20.5. The molecular weight excluding hydrogens is 397 g/mol. The highest BCUT2D eigenvalue weighted by atomic mass is 32.2. The summed E-state index contributed by atoms with van der Waals surface area (Å²) in [5, 5.41) is 0. The van der Waals surface area contributed by atoms with Crippen LogP contribution in [0.3, 0.4) is 0 Å². The second kappa shape index (κ2) is 7.27. The van der Waals surface area contributed by atoms with Crippen LogP contribution in [-0.2, 0) is 32.2 Å². The van der Waals surface area contributed by atoms with Gasteiger partial charge in [0.2, 0.25) is 0 Å². The van der Waals surface area contributed by atoms with E-state index in [1.54, 1.807) is 6.07 Å². The molecule has 0 N–H and O–H groups in total. The molecule has 0 saturated carbocycles. The van der Waals surface area contributed by atoms with Crippen molar-refractivity contribution in [3.05, 3.63) is 59.9 Å². The fourth-order valence-corrected chi connectivity index (χ4v) is 4.34. The van der Waals surface area contributed by atoms with Gasteiger partial charge in [0, 0.05) is 5.69 Å². The van der Waals surface area contributed by atoms with E-state index in [1.165, 1.54) is 37.4 Å². The summed E-state index contributed by atoms with van der Waals surface area (Å²) in [7, 11) is -2.92. The number of nitrogens with zero attached hydrogens (tertiary/aromatic N) is 2. The molecule has 0 aliphatic rings. The minimum absolute atomic E-state index is 0.00304. The summed E-state index contributed by atoms with van der Waals surface area (Å²) in [4.78, 5) is 15.0. The van der Waals surface area contributed by atoms with Crippen LogP contribution < -0.4 is 0 Å². The number of esters is 1. The monoisotopic (exact) mass is 412 g/mol. The number of hydrogen-bond acceptors (Lipinski definition) is 5. The van der Waals surface area contributed by atoms with Crippen LogP contribution in [0, 0.1) is 0 Å². The van der Waals surface area contributed by atoms with Crippen molar-refractivity contribution in [1.82, 2.24) is 8.96 Å². The first kappa shape index (κ1) is 19.9. The minimum Gasteiger partial charge on any atom is -0.469 e. The third-order valence-electron chi connectivity index (χ3n) is 4.07. The second-order valence-electron chi connectivity index (χ2n) is 5.89. The summed E-state index contributed by atoms with van der Waals surface area (Å²) in [6.45, 7) is 0. The molecule has 10 heteroatoms. The first-order valence-corrected chi connectivity index (χ1v) is 9.54. The van der Waals surface area contributed by atoms with Crippen molar-refractivity contribution in [3.63, 3.8) is 0 Å². The summed E-state index contributed by atoms with van der Waals surface area (Å²) in [5.74, 6) is -0.571. The zero-order valence-corrected chi connectivity index (χ0v) is 15.4. The number of ether oxygens (including phenoxy) is 1. The Bertz CT molecular complexity index is 1120. The number of benzene rings is 1. The van der Waals surface area contributed by atoms with Crippen molar-refractivity contribution in [3.8, 4) is 0 Å². The van der Waals surface area contributed by atoms with Gasteiger partial charge in [0.25, 0.3) is 10.0 Å². The SMILES string of the molecule is COC(=O)CCc1cc2nc(C(F)(F)F)ccc2n1S(=O)(=O)c1ccccc1. The zero-order valence-electron chi connectivity index (χ0n) is 14.6. The van der Waals surface area contributed by atoms with E-state index >= 15 is 0 Å². The molecule has 2 heterocycles. The number of fused-ring (bicyclic) bond motifs is 1. The number of carbonyl (C=O) groups is 1. The number of alkyl halides is 3. The van der Waals surface area contributed by atoms with Gasteiger partial charge in [-0.05, 0) is 36.8 Å². The normalized spacial score (nSPS) is 12.3. The van der Waals surface area contributed by atoms with Crippen LogP contribution in [0.25, 0.3) is 11.0 Å². The van der Waals surface area contributed by atoms with E-state index in [2.05, 4.69) is 9.72 Å². The highest BCUT2D eigenvalue weighted by Gasteiger charge is 2.33. The van der Waals surface area contributed by atoms with E-state index in [0.717, 1.165) is 16.1 Å². The molecule has 0 bridgehead atoms.